The number of amidine groups is 1. The van der Waals surface area contributed by atoms with Crippen LogP contribution in [0.2, 0.25) is 0 Å². The van der Waals surface area contributed by atoms with Gasteiger partial charge < -0.3 is 26.8 Å². The van der Waals surface area contributed by atoms with Crippen molar-refractivity contribution in [2.24, 2.45) is 5.73 Å². The number of nitrogens with one attached hydrogen (secondary N) is 3. The highest BCUT2D eigenvalue weighted by atomic mass is 19.4. The first-order chi connectivity index (χ1) is 15.1. The van der Waals surface area contributed by atoms with Crippen molar-refractivity contribution in [2.75, 3.05) is 16.4 Å². The van der Waals surface area contributed by atoms with E-state index >= 15 is 0 Å². The Bertz CT molecular complexity index is 1130. The molecule has 166 valence electrons. The van der Waals surface area contributed by atoms with Gasteiger partial charge in [-0.2, -0.15) is 18.2 Å². The van der Waals surface area contributed by atoms with Crippen LogP contribution in [0.3, 0.4) is 0 Å². The highest BCUT2D eigenvalue weighted by molar-refractivity contribution is 5.99. The molecule has 0 saturated carbocycles. The lowest BCUT2D eigenvalue weighted by Gasteiger charge is -2.15. The molecular weight excluding hydrogens is 427 g/mol. The van der Waals surface area contributed by atoms with Crippen LogP contribution in [0.15, 0.2) is 54.7 Å². The Morgan fingerprint density at radius 3 is 2.34 bits per heavy atom. The Balaban J connectivity index is 1.65. The molecule has 0 aliphatic heterocycles. The van der Waals surface area contributed by atoms with Crippen LogP contribution in [0.1, 0.15) is 11.1 Å². The molecule has 0 radical (unpaired) electrons. The molecule has 9 nitrogen and oxygen atoms in total. The monoisotopic (exact) mass is 445 g/mol. The van der Waals surface area contributed by atoms with E-state index in [1.807, 2.05) is 0 Å². The predicted octanol–water partition coefficient (Wildman–Crippen LogP) is 3.99. The minimum absolute atomic E-state index is 0.0560. The van der Waals surface area contributed by atoms with Gasteiger partial charge in [0.15, 0.2) is 0 Å². The average Bonchev–Trinajstić information content (AvgIpc) is 2.69. The number of anilines is 3. The Kier molecular flexibility index (Phi) is 6.42. The summed E-state index contributed by atoms with van der Waals surface area (Å²) < 4.78 is 45.4. The number of benzene rings is 2. The molecule has 0 saturated heterocycles. The van der Waals surface area contributed by atoms with Gasteiger partial charge in [-0.25, -0.2) is 9.78 Å². The summed E-state index contributed by atoms with van der Waals surface area (Å²) in [4.78, 5) is 19.9. The topological polar surface area (TPSA) is 152 Å². The average molecular weight is 445 g/mol. The lowest BCUT2D eigenvalue weighted by atomic mass is 10.0. The number of rotatable bonds is 6. The van der Waals surface area contributed by atoms with E-state index < -0.39 is 23.6 Å². The summed E-state index contributed by atoms with van der Waals surface area (Å²) >= 11 is 0. The summed E-state index contributed by atoms with van der Waals surface area (Å²) in [5, 5.41) is 12.1. The minimum Gasteiger partial charge on any atom is -0.439 e. The molecule has 0 atom stereocenters. The highest BCUT2D eigenvalue weighted by Crippen LogP contribution is 2.34. The molecule has 3 aromatic rings. The minimum atomic E-state index is -4.66. The van der Waals surface area contributed by atoms with Gasteiger partial charge in [0, 0.05) is 30.1 Å². The molecule has 2 amide bonds. The van der Waals surface area contributed by atoms with E-state index in [0.29, 0.717) is 11.4 Å². The second kappa shape index (κ2) is 9.20. The number of nitrogens with zero attached hydrogens (tertiary/aromatic N) is 2. The van der Waals surface area contributed by atoms with E-state index in [4.69, 9.17) is 21.6 Å². The number of nitrogens with two attached hydrogens (primary N) is 2. The highest BCUT2D eigenvalue weighted by Gasteiger charge is 2.33. The van der Waals surface area contributed by atoms with Crippen molar-refractivity contribution in [2.45, 2.75) is 12.6 Å². The Hall–Kier alpha value is -4.35. The fraction of sp³-hybridized carbons (Fsp3) is 0.100. The first-order valence-electron chi connectivity index (χ1n) is 9.07. The molecule has 0 aliphatic carbocycles. The number of carbonyl (C=O) groups excluding carboxylic acids is 1. The lowest BCUT2D eigenvalue weighted by molar-refractivity contribution is -0.138. The van der Waals surface area contributed by atoms with Crippen LogP contribution in [0, 0.1) is 5.41 Å². The van der Waals surface area contributed by atoms with Crippen molar-refractivity contribution in [1.82, 2.24) is 9.97 Å². The molecule has 3 rings (SSSR count). The first kappa shape index (κ1) is 22.3. The number of ether oxygens (including phenoxy) is 1. The number of aromatic nitrogens is 2. The molecule has 0 spiro atoms. The van der Waals surface area contributed by atoms with Crippen molar-refractivity contribution in [3.63, 3.8) is 0 Å². The zero-order chi connectivity index (χ0) is 23.3. The van der Waals surface area contributed by atoms with E-state index in [9.17, 15) is 18.0 Å². The van der Waals surface area contributed by atoms with Gasteiger partial charge >= 0.3 is 12.2 Å². The normalized spacial score (nSPS) is 11.0. The van der Waals surface area contributed by atoms with Crippen molar-refractivity contribution >= 4 is 29.2 Å². The van der Waals surface area contributed by atoms with E-state index in [1.165, 1.54) is 36.5 Å². The van der Waals surface area contributed by atoms with Gasteiger partial charge in [0.2, 0.25) is 11.8 Å². The Morgan fingerprint density at radius 2 is 1.72 bits per heavy atom. The number of alkyl halides is 3. The van der Waals surface area contributed by atoms with Crippen molar-refractivity contribution < 1.29 is 22.7 Å². The molecular formula is C20H18F3N7O2. The van der Waals surface area contributed by atoms with Crippen LogP contribution in [0.25, 0.3) is 0 Å². The maximum atomic E-state index is 13.3. The summed E-state index contributed by atoms with van der Waals surface area (Å²) in [6.07, 6.45) is -3.57. The fourth-order valence-corrected chi connectivity index (χ4v) is 2.71. The number of hydrogen-bond acceptors (Lipinski definition) is 6. The zero-order valence-electron chi connectivity index (χ0n) is 16.4. The van der Waals surface area contributed by atoms with Crippen molar-refractivity contribution in [3.05, 3.63) is 65.9 Å². The summed E-state index contributed by atoms with van der Waals surface area (Å²) in [6, 6.07) is 10.2. The van der Waals surface area contributed by atoms with Gasteiger partial charge in [0.05, 0.1) is 11.4 Å². The van der Waals surface area contributed by atoms with E-state index in [-0.39, 0.29) is 29.5 Å². The van der Waals surface area contributed by atoms with Crippen LogP contribution < -0.4 is 26.8 Å². The zero-order valence-corrected chi connectivity index (χ0v) is 16.4. The van der Waals surface area contributed by atoms with Gasteiger partial charge in [-0.1, -0.05) is 6.07 Å². The number of carbonyl (C=O) groups is 1. The maximum Gasteiger partial charge on any atom is 0.416 e. The summed E-state index contributed by atoms with van der Waals surface area (Å²) in [5.41, 5.74) is 9.88. The largest absolute Gasteiger partial charge is 0.439 e. The van der Waals surface area contributed by atoms with E-state index in [2.05, 4.69) is 20.6 Å². The van der Waals surface area contributed by atoms with Crippen LogP contribution >= 0.6 is 0 Å². The SMILES string of the molecule is N=C(N)Cc1ccc(NC(=O)Nc2ccc(Oc3ccnc(N)n3)cc2)cc1C(F)(F)F. The maximum absolute atomic E-state index is 13.3. The summed E-state index contributed by atoms with van der Waals surface area (Å²) in [6.45, 7) is 0. The lowest BCUT2D eigenvalue weighted by Crippen LogP contribution is -2.21. The molecule has 0 unspecified atom stereocenters. The molecule has 0 fully saturated rings. The fourth-order valence-electron chi connectivity index (χ4n) is 2.71. The smallest absolute Gasteiger partial charge is 0.416 e. The molecule has 32 heavy (non-hydrogen) atoms. The molecule has 12 heteroatoms. The molecule has 7 N–H and O–H groups in total. The van der Waals surface area contributed by atoms with Gasteiger partial charge in [-0.15, -0.1) is 0 Å². The second-order valence-corrected chi connectivity index (χ2v) is 6.53. The van der Waals surface area contributed by atoms with Crippen LogP contribution in [0.4, 0.5) is 35.3 Å². The Morgan fingerprint density at radius 1 is 1.06 bits per heavy atom. The van der Waals surface area contributed by atoms with Gasteiger partial charge in [-0.3, -0.25) is 5.41 Å². The number of amides is 2. The molecule has 2 aromatic carbocycles. The standard InChI is InChI=1S/C20H18F3N7O2/c21-20(22,23)15-10-13(2-1-11(15)9-16(24)25)29-19(31)28-12-3-5-14(6-4-12)32-17-7-8-27-18(26)30-17/h1-8,10H,9H2,(H3,24,25)(H2,26,27,30)(H2,28,29,31). The number of halogens is 3. The number of hydrogen-bond donors (Lipinski definition) is 5. The third-order valence-electron chi connectivity index (χ3n) is 4.04. The number of nitrogen functional groups attached to an aromatic ring is 1. The quantitative estimate of drug-likeness (QED) is 0.286. The molecule has 1 aromatic heterocycles. The van der Waals surface area contributed by atoms with E-state index in [0.717, 1.165) is 6.07 Å². The van der Waals surface area contributed by atoms with Crippen molar-refractivity contribution in [1.29, 1.82) is 5.41 Å². The molecule has 0 aliphatic rings. The van der Waals surface area contributed by atoms with Crippen LogP contribution in [-0.4, -0.2) is 21.8 Å². The van der Waals surface area contributed by atoms with Gasteiger partial charge in [-0.05, 0) is 42.0 Å². The van der Waals surface area contributed by atoms with Crippen LogP contribution in [0.5, 0.6) is 11.6 Å². The molecule has 1 heterocycles. The Labute approximate surface area is 180 Å². The second-order valence-electron chi connectivity index (χ2n) is 6.53. The third-order valence-corrected chi connectivity index (χ3v) is 4.04. The third kappa shape index (κ3) is 6.08. The van der Waals surface area contributed by atoms with Gasteiger partial charge in [0.25, 0.3) is 0 Å². The van der Waals surface area contributed by atoms with E-state index in [1.54, 1.807) is 12.1 Å². The van der Waals surface area contributed by atoms with Crippen molar-refractivity contribution in [3.8, 4) is 11.6 Å². The predicted molar refractivity (Wildman–Crippen MR) is 113 cm³/mol. The van der Waals surface area contributed by atoms with Gasteiger partial charge in [0.1, 0.15) is 5.75 Å². The number of urea groups is 1. The van der Waals surface area contributed by atoms with Crippen LogP contribution in [-0.2, 0) is 12.6 Å². The summed E-state index contributed by atoms with van der Waals surface area (Å²) in [5.74, 6) is 0.319. The molecule has 0 bridgehead atoms. The first-order valence-corrected chi connectivity index (χ1v) is 9.07. The summed E-state index contributed by atoms with van der Waals surface area (Å²) in [7, 11) is 0.